The first-order valence-electron chi connectivity index (χ1n) is 7.03. The number of hydrogen-bond acceptors (Lipinski definition) is 4. The fourth-order valence-electron chi connectivity index (χ4n) is 2.19. The van der Waals surface area contributed by atoms with Crippen LogP contribution in [-0.2, 0) is 4.79 Å². The van der Waals surface area contributed by atoms with Crippen molar-refractivity contribution in [2.75, 3.05) is 13.2 Å². The van der Waals surface area contributed by atoms with Crippen LogP contribution in [0.15, 0.2) is 54.6 Å². The molecule has 2 rings (SSSR count). The van der Waals surface area contributed by atoms with Gasteiger partial charge in [0, 0.05) is 5.57 Å². The summed E-state index contributed by atoms with van der Waals surface area (Å²) in [5.74, 6) is 0.546. The summed E-state index contributed by atoms with van der Waals surface area (Å²) in [6.45, 7) is 1.70. The van der Waals surface area contributed by atoms with Gasteiger partial charge in [0.25, 0.3) is 0 Å². The van der Waals surface area contributed by atoms with E-state index in [0.717, 1.165) is 11.1 Å². The summed E-state index contributed by atoms with van der Waals surface area (Å²) >= 11 is 0. The van der Waals surface area contributed by atoms with Gasteiger partial charge >= 0.3 is 0 Å². The zero-order valence-corrected chi connectivity index (χ0v) is 12.5. The normalized spacial score (nSPS) is 11.7. The van der Waals surface area contributed by atoms with Crippen LogP contribution in [0.25, 0.3) is 11.3 Å². The number of aliphatic hydroxyl groups is 1. The van der Waals surface area contributed by atoms with E-state index in [1.54, 1.807) is 24.3 Å². The van der Waals surface area contributed by atoms with E-state index >= 15 is 0 Å². The topological polar surface area (TPSA) is 72.6 Å². The molecule has 0 heterocycles. The van der Waals surface area contributed by atoms with Gasteiger partial charge in [0.05, 0.1) is 12.3 Å². The van der Waals surface area contributed by atoms with Crippen LogP contribution in [-0.4, -0.2) is 24.1 Å². The van der Waals surface area contributed by atoms with E-state index in [4.69, 9.17) is 15.6 Å². The molecule has 0 bridgehead atoms. The van der Waals surface area contributed by atoms with Crippen LogP contribution in [0.2, 0.25) is 0 Å². The summed E-state index contributed by atoms with van der Waals surface area (Å²) < 4.78 is 5.31. The SMILES string of the molecule is CC(=O)C(=C(N)c1ccccc1)c1ccc(OCCO)cc1. The van der Waals surface area contributed by atoms with E-state index < -0.39 is 0 Å². The highest BCUT2D eigenvalue weighted by Crippen LogP contribution is 2.25. The Balaban J connectivity index is 2.38. The number of aliphatic hydroxyl groups excluding tert-OH is 1. The van der Waals surface area contributed by atoms with Crippen molar-refractivity contribution < 1.29 is 14.6 Å². The van der Waals surface area contributed by atoms with E-state index in [0.29, 0.717) is 17.0 Å². The molecule has 0 spiro atoms. The molecule has 0 fully saturated rings. The predicted molar refractivity (Wildman–Crippen MR) is 87.1 cm³/mol. The van der Waals surface area contributed by atoms with Crippen LogP contribution >= 0.6 is 0 Å². The minimum atomic E-state index is -0.0922. The van der Waals surface area contributed by atoms with Crippen molar-refractivity contribution in [1.82, 2.24) is 0 Å². The number of ether oxygens (including phenoxy) is 1. The minimum absolute atomic E-state index is 0.0404. The summed E-state index contributed by atoms with van der Waals surface area (Å²) in [5, 5.41) is 8.75. The highest BCUT2D eigenvalue weighted by atomic mass is 16.5. The molecule has 0 aliphatic carbocycles. The molecular formula is C18H19NO3. The van der Waals surface area contributed by atoms with Crippen molar-refractivity contribution in [1.29, 1.82) is 0 Å². The standard InChI is InChI=1S/C18H19NO3/c1-13(21)17(18(19)15-5-3-2-4-6-15)14-7-9-16(10-8-14)22-12-11-20/h2-10,20H,11-12,19H2,1H3. The molecule has 0 radical (unpaired) electrons. The van der Waals surface area contributed by atoms with Gasteiger partial charge in [0.15, 0.2) is 5.78 Å². The Hall–Kier alpha value is -2.59. The summed E-state index contributed by atoms with van der Waals surface area (Å²) in [7, 11) is 0. The van der Waals surface area contributed by atoms with Crippen molar-refractivity contribution >= 4 is 17.1 Å². The number of nitrogens with two attached hydrogens (primary N) is 1. The summed E-state index contributed by atoms with van der Waals surface area (Å²) in [4.78, 5) is 12.0. The van der Waals surface area contributed by atoms with Crippen LogP contribution in [0, 0.1) is 0 Å². The van der Waals surface area contributed by atoms with E-state index in [1.807, 2.05) is 30.3 Å². The van der Waals surface area contributed by atoms with Crippen molar-refractivity contribution in [2.24, 2.45) is 5.73 Å². The van der Waals surface area contributed by atoms with E-state index in [2.05, 4.69) is 0 Å². The second-order valence-corrected chi connectivity index (χ2v) is 4.81. The Kier molecular flexibility index (Phi) is 5.33. The smallest absolute Gasteiger partial charge is 0.162 e. The van der Waals surface area contributed by atoms with Gasteiger partial charge in [-0.05, 0) is 30.2 Å². The monoisotopic (exact) mass is 297 g/mol. The van der Waals surface area contributed by atoms with Gasteiger partial charge in [0.1, 0.15) is 12.4 Å². The molecule has 3 N–H and O–H groups in total. The fourth-order valence-corrected chi connectivity index (χ4v) is 2.19. The van der Waals surface area contributed by atoms with Crippen molar-refractivity contribution in [3.05, 3.63) is 65.7 Å². The van der Waals surface area contributed by atoms with Gasteiger partial charge in [-0.2, -0.15) is 0 Å². The Morgan fingerprint density at radius 2 is 1.68 bits per heavy atom. The van der Waals surface area contributed by atoms with Crippen LogP contribution < -0.4 is 10.5 Å². The number of benzene rings is 2. The fraction of sp³-hybridized carbons (Fsp3) is 0.167. The van der Waals surface area contributed by atoms with E-state index in [9.17, 15) is 4.79 Å². The first-order chi connectivity index (χ1) is 10.6. The van der Waals surface area contributed by atoms with Gasteiger partial charge in [-0.3, -0.25) is 4.79 Å². The molecular weight excluding hydrogens is 278 g/mol. The molecule has 22 heavy (non-hydrogen) atoms. The molecule has 2 aromatic carbocycles. The van der Waals surface area contributed by atoms with Gasteiger partial charge in [-0.25, -0.2) is 0 Å². The third kappa shape index (κ3) is 3.74. The maximum absolute atomic E-state index is 12.0. The van der Waals surface area contributed by atoms with Crippen LogP contribution in [0.1, 0.15) is 18.1 Å². The van der Waals surface area contributed by atoms with Crippen molar-refractivity contribution in [2.45, 2.75) is 6.92 Å². The predicted octanol–water partition coefficient (Wildman–Crippen LogP) is 2.47. The first kappa shape index (κ1) is 15.8. The maximum Gasteiger partial charge on any atom is 0.162 e. The number of carbonyl (C=O) groups excluding carboxylic acids is 1. The highest BCUT2D eigenvalue weighted by Gasteiger charge is 2.13. The number of rotatable bonds is 6. The molecule has 114 valence electrons. The Morgan fingerprint density at radius 1 is 1.05 bits per heavy atom. The molecule has 4 heteroatoms. The molecule has 0 amide bonds. The minimum Gasteiger partial charge on any atom is -0.491 e. The number of Topliss-reactive ketones (excluding diaryl/α,β-unsaturated/α-hetero) is 1. The maximum atomic E-state index is 12.0. The molecule has 0 atom stereocenters. The van der Waals surface area contributed by atoms with Gasteiger partial charge in [-0.1, -0.05) is 42.5 Å². The second kappa shape index (κ2) is 7.43. The summed E-state index contributed by atoms with van der Waals surface area (Å²) in [6, 6.07) is 16.5. The van der Waals surface area contributed by atoms with Crippen LogP contribution in [0.4, 0.5) is 0 Å². The van der Waals surface area contributed by atoms with E-state index in [1.165, 1.54) is 6.92 Å². The Morgan fingerprint density at radius 3 is 2.23 bits per heavy atom. The molecule has 0 aromatic heterocycles. The number of ketones is 1. The Bertz CT molecular complexity index is 660. The van der Waals surface area contributed by atoms with Gasteiger partial charge < -0.3 is 15.6 Å². The molecule has 0 aliphatic heterocycles. The first-order valence-corrected chi connectivity index (χ1v) is 7.03. The average molecular weight is 297 g/mol. The quantitative estimate of drug-likeness (QED) is 0.634. The zero-order chi connectivity index (χ0) is 15.9. The van der Waals surface area contributed by atoms with Crippen LogP contribution in [0.3, 0.4) is 0 Å². The lowest BCUT2D eigenvalue weighted by Gasteiger charge is -2.11. The van der Waals surface area contributed by atoms with E-state index in [-0.39, 0.29) is 19.0 Å². The lowest BCUT2D eigenvalue weighted by atomic mass is 9.97. The van der Waals surface area contributed by atoms with Crippen LogP contribution in [0.5, 0.6) is 5.75 Å². The largest absolute Gasteiger partial charge is 0.491 e. The zero-order valence-electron chi connectivity index (χ0n) is 12.5. The number of allylic oxidation sites excluding steroid dienone is 1. The molecule has 0 aliphatic rings. The molecule has 2 aromatic rings. The van der Waals surface area contributed by atoms with Crippen molar-refractivity contribution in [3.63, 3.8) is 0 Å². The molecule has 0 unspecified atom stereocenters. The number of carbonyl (C=O) groups is 1. The third-order valence-corrected chi connectivity index (χ3v) is 3.21. The lowest BCUT2D eigenvalue weighted by molar-refractivity contribution is -0.111. The third-order valence-electron chi connectivity index (χ3n) is 3.21. The highest BCUT2D eigenvalue weighted by molar-refractivity contribution is 6.26. The molecule has 4 nitrogen and oxygen atoms in total. The van der Waals surface area contributed by atoms with Crippen molar-refractivity contribution in [3.8, 4) is 5.75 Å². The Labute approximate surface area is 129 Å². The summed E-state index contributed by atoms with van der Waals surface area (Å²) in [6.07, 6.45) is 0. The lowest BCUT2D eigenvalue weighted by Crippen LogP contribution is -2.07. The number of hydrogen-bond donors (Lipinski definition) is 2. The van der Waals surface area contributed by atoms with Gasteiger partial charge in [0.2, 0.25) is 0 Å². The second-order valence-electron chi connectivity index (χ2n) is 4.81. The molecule has 0 saturated heterocycles. The summed E-state index contributed by atoms with van der Waals surface area (Å²) in [5.41, 5.74) is 8.68. The average Bonchev–Trinajstić information content (AvgIpc) is 2.54. The van der Waals surface area contributed by atoms with Gasteiger partial charge in [-0.15, -0.1) is 0 Å². The molecule has 0 saturated carbocycles.